The first-order chi connectivity index (χ1) is 15.1. The first-order valence-electron chi connectivity index (χ1n) is 9.52. The molecule has 6 nitrogen and oxygen atoms in total. The van der Waals surface area contributed by atoms with E-state index in [-0.39, 0.29) is 23.6 Å². The molecule has 0 aliphatic carbocycles. The Bertz CT molecular complexity index is 1260. The van der Waals surface area contributed by atoms with E-state index in [9.17, 15) is 14.0 Å². The Balaban J connectivity index is 1.44. The molecule has 154 valence electrons. The van der Waals surface area contributed by atoms with Crippen LogP contribution in [-0.2, 0) is 4.79 Å². The molecule has 4 aromatic rings. The predicted octanol–water partition coefficient (Wildman–Crippen LogP) is 4.64. The quantitative estimate of drug-likeness (QED) is 0.481. The molecule has 0 fully saturated rings. The van der Waals surface area contributed by atoms with Crippen LogP contribution < -0.4 is 15.4 Å². The molecule has 1 heterocycles. The van der Waals surface area contributed by atoms with Crippen molar-refractivity contribution in [2.45, 2.75) is 0 Å². The SMILES string of the molecule is O=C(COc1ccccc1C(=O)Nc1cnc2ccccc2c1)Nc1ccccc1F. The Hall–Kier alpha value is -4.26. The van der Waals surface area contributed by atoms with Crippen molar-refractivity contribution in [1.29, 1.82) is 0 Å². The third-order valence-corrected chi connectivity index (χ3v) is 4.49. The van der Waals surface area contributed by atoms with Crippen molar-refractivity contribution in [1.82, 2.24) is 4.98 Å². The molecule has 3 aromatic carbocycles. The number of amides is 2. The number of rotatable bonds is 6. The second-order valence-corrected chi connectivity index (χ2v) is 6.68. The van der Waals surface area contributed by atoms with E-state index in [0.717, 1.165) is 10.9 Å². The second-order valence-electron chi connectivity index (χ2n) is 6.68. The molecule has 1 aromatic heterocycles. The molecule has 31 heavy (non-hydrogen) atoms. The van der Waals surface area contributed by atoms with Gasteiger partial charge >= 0.3 is 0 Å². The largest absolute Gasteiger partial charge is 0.483 e. The maximum Gasteiger partial charge on any atom is 0.262 e. The number of para-hydroxylation sites is 3. The number of ether oxygens (including phenoxy) is 1. The number of carbonyl (C=O) groups excluding carboxylic acids is 2. The molecule has 4 rings (SSSR count). The summed E-state index contributed by atoms with van der Waals surface area (Å²) < 4.78 is 19.2. The van der Waals surface area contributed by atoms with E-state index >= 15 is 0 Å². The van der Waals surface area contributed by atoms with Crippen LogP contribution in [0.3, 0.4) is 0 Å². The van der Waals surface area contributed by atoms with Crippen molar-refractivity contribution in [3.63, 3.8) is 0 Å². The average molecular weight is 415 g/mol. The fraction of sp³-hybridized carbons (Fsp3) is 0.0417. The highest BCUT2D eigenvalue weighted by Gasteiger charge is 2.15. The smallest absolute Gasteiger partial charge is 0.262 e. The number of nitrogens with one attached hydrogen (secondary N) is 2. The molecule has 0 unspecified atom stereocenters. The Morgan fingerprint density at radius 1 is 0.903 bits per heavy atom. The van der Waals surface area contributed by atoms with E-state index in [1.54, 1.807) is 36.5 Å². The minimum absolute atomic E-state index is 0.0610. The molecule has 0 saturated carbocycles. The molecule has 0 bridgehead atoms. The van der Waals surface area contributed by atoms with Gasteiger partial charge in [0.15, 0.2) is 6.61 Å². The number of hydrogen-bond donors (Lipinski definition) is 2. The fourth-order valence-corrected chi connectivity index (χ4v) is 3.01. The van der Waals surface area contributed by atoms with Gasteiger partial charge in [0.25, 0.3) is 11.8 Å². The van der Waals surface area contributed by atoms with Gasteiger partial charge in [-0.05, 0) is 36.4 Å². The lowest BCUT2D eigenvalue weighted by molar-refractivity contribution is -0.118. The van der Waals surface area contributed by atoms with Crippen LogP contribution in [0.5, 0.6) is 5.75 Å². The topological polar surface area (TPSA) is 80.3 Å². The van der Waals surface area contributed by atoms with Crippen LogP contribution in [-0.4, -0.2) is 23.4 Å². The number of halogens is 1. The summed E-state index contributed by atoms with van der Waals surface area (Å²) in [7, 11) is 0. The minimum atomic E-state index is -0.543. The summed E-state index contributed by atoms with van der Waals surface area (Å²) in [5.74, 6) is -1.25. The van der Waals surface area contributed by atoms with Crippen LogP contribution in [0.15, 0.2) is 85.1 Å². The van der Waals surface area contributed by atoms with Gasteiger partial charge in [-0.25, -0.2) is 4.39 Å². The molecule has 7 heteroatoms. The van der Waals surface area contributed by atoms with Crippen molar-refractivity contribution in [2.24, 2.45) is 0 Å². The summed E-state index contributed by atoms with van der Waals surface area (Å²) in [6, 6.07) is 21.8. The van der Waals surface area contributed by atoms with Gasteiger partial charge in [0.1, 0.15) is 11.6 Å². The Labute approximate surface area is 177 Å². The van der Waals surface area contributed by atoms with E-state index in [1.165, 1.54) is 18.2 Å². The van der Waals surface area contributed by atoms with Crippen LogP contribution >= 0.6 is 0 Å². The summed E-state index contributed by atoms with van der Waals surface area (Å²) in [5, 5.41) is 6.13. The van der Waals surface area contributed by atoms with Crippen molar-refractivity contribution < 1.29 is 18.7 Å². The monoisotopic (exact) mass is 415 g/mol. The second kappa shape index (κ2) is 9.04. The normalized spacial score (nSPS) is 10.5. The number of nitrogens with zero attached hydrogens (tertiary/aromatic N) is 1. The number of anilines is 2. The number of aromatic nitrogens is 1. The molecular formula is C24H18FN3O3. The number of pyridine rings is 1. The number of carbonyl (C=O) groups is 2. The lowest BCUT2D eigenvalue weighted by atomic mass is 10.1. The molecular weight excluding hydrogens is 397 g/mol. The van der Waals surface area contributed by atoms with Gasteiger partial charge in [-0.1, -0.05) is 42.5 Å². The van der Waals surface area contributed by atoms with Crippen molar-refractivity contribution in [3.8, 4) is 5.75 Å². The van der Waals surface area contributed by atoms with Crippen LogP contribution in [0.4, 0.5) is 15.8 Å². The van der Waals surface area contributed by atoms with Gasteiger partial charge in [-0.2, -0.15) is 0 Å². The third-order valence-electron chi connectivity index (χ3n) is 4.49. The Morgan fingerprint density at radius 2 is 1.65 bits per heavy atom. The number of hydrogen-bond acceptors (Lipinski definition) is 4. The molecule has 0 saturated heterocycles. The van der Waals surface area contributed by atoms with Crippen LogP contribution in [0.1, 0.15) is 10.4 Å². The predicted molar refractivity (Wildman–Crippen MR) is 117 cm³/mol. The van der Waals surface area contributed by atoms with Crippen LogP contribution in [0, 0.1) is 5.82 Å². The van der Waals surface area contributed by atoms with E-state index in [1.807, 2.05) is 30.3 Å². The Morgan fingerprint density at radius 3 is 2.52 bits per heavy atom. The summed E-state index contributed by atoms with van der Waals surface area (Å²) in [6.07, 6.45) is 1.57. The highest BCUT2D eigenvalue weighted by molar-refractivity contribution is 6.06. The van der Waals surface area contributed by atoms with E-state index in [4.69, 9.17) is 4.74 Å². The molecule has 0 atom stereocenters. The third kappa shape index (κ3) is 4.84. The minimum Gasteiger partial charge on any atom is -0.483 e. The highest BCUT2D eigenvalue weighted by Crippen LogP contribution is 2.21. The van der Waals surface area contributed by atoms with Crippen molar-refractivity contribution >= 4 is 34.1 Å². The fourth-order valence-electron chi connectivity index (χ4n) is 3.01. The maximum atomic E-state index is 13.7. The summed E-state index contributed by atoms with van der Waals surface area (Å²) in [4.78, 5) is 29.2. The number of fused-ring (bicyclic) bond motifs is 1. The first kappa shape index (κ1) is 20.0. The van der Waals surface area contributed by atoms with E-state index in [2.05, 4.69) is 15.6 Å². The van der Waals surface area contributed by atoms with Crippen LogP contribution in [0.2, 0.25) is 0 Å². The Kier molecular flexibility index (Phi) is 5.84. The van der Waals surface area contributed by atoms with Gasteiger partial charge < -0.3 is 15.4 Å². The number of benzene rings is 3. The highest BCUT2D eigenvalue weighted by atomic mass is 19.1. The standard InChI is InChI=1S/C24H18FN3O3/c25-19-9-3-5-11-21(19)28-23(29)15-31-22-12-6-2-8-18(22)24(30)27-17-13-16-7-1-4-10-20(16)26-14-17/h1-14H,15H2,(H,27,30)(H,28,29). The zero-order valence-electron chi connectivity index (χ0n) is 16.3. The first-order valence-corrected chi connectivity index (χ1v) is 9.52. The lowest BCUT2D eigenvalue weighted by Crippen LogP contribution is -2.22. The molecule has 2 amide bonds. The molecule has 0 spiro atoms. The van der Waals surface area contributed by atoms with Crippen LogP contribution in [0.25, 0.3) is 10.9 Å². The van der Waals surface area contributed by atoms with Gasteiger partial charge in [0, 0.05) is 5.39 Å². The van der Waals surface area contributed by atoms with Gasteiger partial charge in [0.05, 0.1) is 28.7 Å². The molecule has 2 N–H and O–H groups in total. The molecule has 0 aliphatic rings. The van der Waals surface area contributed by atoms with Gasteiger partial charge in [0.2, 0.25) is 0 Å². The molecule has 0 radical (unpaired) electrons. The molecule has 0 aliphatic heterocycles. The van der Waals surface area contributed by atoms with E-state index in [0.29, 0.717) is 5.69 Å². The zero-order chi connectivity index (χ0) is 21.6. The maximum absolute atomic E-state index is 13.7. The van der Waals surface area contributed by atoms with Crippen molar-refractivity contribution in [3.05, 3.63) is 96.4 Å². The zero-order valence-corrected chi connectivity index (χ0v) is 16.3. The van der Waals surface area contributed by atoms with Crippen molar-refractivity contribution in [2.75, 3.05) is 17.2 Å². The summed E-state index contributed by atoms with van der Waals surface area (Å²) >= 11 is 0. The van der Waals surface area contributed by atoms with E-state index < -0.39 is 17.6 Å². The average Bonchev–Trinajstić information content (AvgIpc) is 2.79. The summed E-state index contributed by atoms with van der Waals surface area (Å²) in [6.45, 7) is -0.379. The van der Waals surface area contributed by atoms with Gasteiger partial charge in [-0.15, -0.1) is 0 Å². The van der Waals surface area contributed by atoms with Gasteiger partial charge in [-0.3, -0.25) is 14.6 Å². The summed E-state index contributed by atoms with van der Waals surface area (Å²) in [5.41, 5.74) is 1.68. The lowest BCUT2D eigenvalue weighted by Gasteiger charge is -2.12.